The van der Waals surface area contributed by atoms with E-state index in [0.717, 1.165) is 25.7 Å². The van der Waals surface area contributed by atoms with Gasteiger partial charge in [-0.2, -0.15) is 0 Å². The molecule has 0 aromatic rings. The Morgan fingerprint density at radius 1 is 0.311 bits per heavy atom. The minimum atomic E-state index is -0.382. The summed E-state index contributed by atoms with van der Waals surface area (Å²) in [6.07, 6.45) is 39.8. The van der Waals surface area contributed by atoms with Gasteiger partial charge >= 0.3 is 0 Å². The van der Waals surface area contributed by atoms with Gasteiger partial charge in [0, 0.05) is 12.8 Å². The van der Waals surface area contributed by atoms with Gasteiger partial charge in [-0.1, -0.05) is 194 Å². The van der Waals surface area contributed by atoms with Gasteiger partial charge in [0.15, 0.2) is 0 Å². The first-order valence-corrected chi connectivity index (χ1v) is 19.7. The van der Waals surface area contributed by atoms with Crippen LogP contribution < -0.4 is 21.7 Å². The summed E-state index contributed by atoms with van der Waals surface area (Å²) < 4.78 is 0. The molecule has 0 fully saturated rings. The van der Waals surface area contributed by atoms with Crippen molar-refractivity contribution in [2.75, 3.05) is 6.54 Å². The van der Waals surface area contributed by atoms with Crippen molar-refractivity contribution in [2.24, 2.45) is 0 Å². The Morgan fingerprint density at radius 3 is 0.867 bits per heavy atom. The molecule has 4 N–H and O–H groups in total. The van der Waals surface area contributed by atoms with E-state index in [-0.39, 0.29) is 24.3 Å². The largest absolute Gasteiger partial charge is 0.291 e. The highest BCUT2D eigenvalue weighted by atomic mass is 16.2. The summed E-state index contributed by atoms with van der Waals surface area (Å²) in [5.74, 6) is -0.656. The van der Waals surface area contributed by atoms with Crippen LogP contribution in [0, 0.1) is 0 Å². The maximum absolute atomic E-state index is 12.0. The second kappa shape index (κ2) is 36.8. The van der Waals surface area contributed by atoms with Crippen LogP contribution in [0.2, 0.25) is 0 Å². The molecule has 0 heterocycles. The normalized spacial score (nSPS) is 11.1. The van der Waals surface area contributed by atoms with Crippen LogP contribution in [0.1, 0.15) is 219 Å². The molecule has 0 rings (SSSR count). The standard InChI is InChI=1S/C38H76N4O3/c1-3-5-7-9-11-13-15-17-19-21-23-25-27-29-31-33-36(43)40-39-35-38(45)42-41-37(44)34-32-30-28-26-24-22-20-18-16-14-12-10-8-6-4-2/h39H,3-35H2,1-2H3,(H,40,43)(H,41,44)(H,42,45). The summed E-state index contributed by atoms with van der Waals surface area (Å²) >= 11 is 0. The van der Waals surface area contributed by atoms with Gasteiger partial charge in [-0.05, 0) is 12.8 Å². The summed E-state index contributed by atoms with van der Waals surface area (Å²) in [5.41, 5.74) is 10.1. The van der Waals surface area contributed by atoms with E-state index in [9.17, 15) is 14.4 Å². The highest BCUT2D eigenvalue weighted by molar-refractivity contribution is 5.83. The molecule has 0 aliphatic rings. The summed E-state index contributed by atoms with van der Waals surface area (Å²) in [6.45, 7) is 4.46. The summed E-state index contributed by atoms with van der Waals surface area (Å²) in [6, 6.07) is 0. The highest BCUT2D eigenvalue weighted by Crippen LogP contribution is 2.15. The Morgan fingerprint density at radius 2 is 0.556 bits per heavy atom. The number of amides is 3. The van der Waals surface area contributed by atoms with E-state index < -0.39 is 0 Å². The average Bonchev–Trinajstić information content (AvgIpc) is 3.03. The number of carbonyl (C=O) groups is 3. The van der Waals surface area contributed by atoms with Crippen LogP contribution in [0.5, 0.6) is 0 Å². The monoisotopic (exact) mass is 637 g/mol. The third-order valence-corrected chi connectivity index (χ3v) is 8.83. The molecule has 0 aliphatic carbocycles. The van der Waals surface area contributed by atoms with Crippen molar-refractivity contribution in [2.45, 2.75) is 219 Å². The molecule has 0 aliphatic heterocycles. The van der Waals surface area contributed by atoms with E-state index in [4.69, 9.17) is 0 Å². The lowest BCUT2D eigenvalue weighted by atomic mass is 10.0. The van der Waals surface area contributed by atoms with Gasteiger partial charge in [-0.25, -0.2) is 5.43 Å². The Balaban J connectivity index is 3.37. The molecule has 0 aromatic carbocycles. The van der Waals surface area contributed by atoms with Crippen LogP contribution in [0.3, 0.4) is 0 Å². The fraction of sp³-hybridized carbons (Fsp3) is 0.921. The predicted octanol–water partition coefficient (Wildman–Crippen LogP) is 10.3. The van der Waals surface area contributed by atoms with Crippen LogP contribution in [0.25, 0.3) is 0 Å². The van der Waals surface area contributed by atoms with Crippen molar-refractivity contribution < 1.29 is 14.4 Å². The molecule has 0 bridgehead atoms. The van der Waals surface area contributed by atoms with Gasteiger partial charge in [0.05, 0.1) is 6.54 Å². The summed E-state index contributed by atoms with van der Waals surface area (Å²) in [7, 11) is 0. The molecule has 0 saturated heterocycles. The molecule has 266 valence electrons. The molecule has 0 radical (unpaired) electrons. The lowest BCUT2D eigenvalue weighted by Gasteiger charge is -2.09. The Kier molecular flexibility index (Phi) is 35.5. The maximum Gasteiger partial charge on any atom is 0.254 e. The van der Waals surface area contributed by atoms with Crippen molar-refractivity contribution in [3.63, 3.8) is 0 Å². The SMILES string of the molecule is CCCCCCCCCCCCCCCCCC(=O)NNCC(=O)NNC(=O)CCCCCCCCCCCCCCCCC. The molecular formula is C38H76N4O3. The lowest BCUT2D eigenvalue weighted by molar-refractivity contribution is -0.129. The van der Waals surface area contributed by atoms with E-state index in [1.165, 1.54) is 167 Å². The van der Waals surface area contributed by atoms with Crippen molar-refractivity contribution in [3.05, 3.63) is 0 Å². The first-order chi connectivity index (χ1) is 22.1. The Bertz CT molecular complexity index is 659. The molecule has 0 saturated carbocycles. The van der Waals surface area contributed by atoms with Crippen LogP contribution in [-0.4, -0.2) is 24.3 Å². The highest BCUT2D eigenvalue weighted by Gasteiger charge is 2.06. The van der Waals surface area contributed by atoms with Crippen LogP contribution in [0.4, 0.5) is 0 Å². The quantitative estimate of drug-likeness (QED) is 0.0411. The Hall–Kier alpha value is -1.63. The predicted molar refractivity (Wildman–Crippen MR) is 192 cm³/mol. The van der Waals surface area contributed by atoms with Gasteiger partial charge in [0.2, 0.25) is 11.8 Å². The third kappa shape index (κ3) is 36.7. The van der Waals surface area contributed by atoms with E-state index in [0.29, 0.717) is 12.8 Å². The van der Waals surface area contributed by atoms with Gasteiger partial charge in [-0.15, -0.1) is 0 Å². The minimum Gasteiger partial charge on any atom is -0.291 e. The number of nitrogens with one attached hydrogen (secondary N) is 4. The topological polar surface area (TPSA) is 99.3 Å². The van der Waals surface area contributed by atoms with Gasteiger partial charge < -0.3 is 0 Å². The smallest absolute Gasteiger partial charge is 0.254 e. The average molecular weight is 637 g/mol. The van der Waals surface area contributed by atoms with Crippen molar-refractivity contribution >= 4 is 17.7 Å². The second-order valence-electron chi connectivity index (χ2n) is 13.4. The summed E-state index contributed by atoms with van der Waals surface area (Å²) in [4.78, 5) is 35.8. The van der Waals surface area contributed by atoms with E-state index in [2.05, 4.69) is 35.6 Å². The molecule has 45 heavy (non-hydrogen) atoms. The molecule has 0 unspecified atom stereocenters. The number of hydrazine groups is 2. The summed E-state index contributed by atoms with van der Waals surface area (Å²) in [5, 5.41) is 0. The first-order valence-electron chi connectivity index (χ1n) is 19.7. The number of hydrogen-bond acceptors (Lipinski definition) is 4. The zero-order chi connectivity index (χ0) is 32.9. The van der Waals surface area contributed by atoms with E-state index >= 15 is 0 Å². The molecule has 0 spiro atoms. The Labute approximate surface area is 279 Å². The molecule has 0 aromatic heterocycles. The molecule has 3 amide bonds. The number of carbonyl (C=O) groups excluding carboxylic acids is 3. The number of unbranched alkanes of at least 4 members (excludes halogenated alkanes) is 28. The van der Waals surface area contributed by atoms with Crippen molar-refractivity contribution in [1.82, 2.24) is 21.7 Å². The van der Waals surface area contributed by atoms with Crippen molar-refractivity contribution in [1.29, 1.82) is 0 Å². The first kappa shape index (κ1) is 43.4. The van der Waals surface area contributed by atoms with E-state index in [1.54, 1.807) is 0 Å². The van der Waals surface area contributed by atoms with Gasteiger partial charge in [0.25, 0.3) is 5.91 Å². The van der Waals surface area contributed by atoms with Crippen molar-refractivity contribution in [3.8, 4) is 0 Å². The molecule has 0 atom stereocenters. The van der Waals surface area contributed by atoms with Gasteiger partial charge in [-0.3, -0.25) is 30.7 Å². The van der Waals surface area contributed by atoms with Gasteiger partial charge in [0.1, 0.15) is 0 Å². The zero-order valence-electron chi connectivity index (χ0n) is 30.1. The molecule has 7 nitrogen and oxygen atoms in total. The number of rotatable bonds is 35. The third-order valence-electron chi connectivity index (χ3n) is 8.83. The van der Waals surface area contributed by atoms with E-state index in [1.807, 2.05) is 0 Å². The van der Waals surface area contributed by atoms with Crippen LogP contribution in [0.15, 0.2) is 0 Å². The van der Waals surface area contributed by atoms with Crippen LogP contribution in [-0.2, 0) is 14.4 Å². The lowest BCUT2D eigenvalue weighted by Crippen LogP contribution is -2.49. The van der Waals surface area contributed by atoms with Crippen LogP contribution >= 0.6 is 0 Å². The maximum atomic E-state index is 12.0. The second-order valence-corrected chi connectivity index (χ2v) is 13.4. The zero-order valence-corrected chi connectivity index (χ0v) is 30.1. The fourth-order valence-corrected chi connectivity index (χ4v) is 5.85. The molecular weight excluding hydrogens is 560 g/mol. The number of hydrogen-bond donors (Lipinski definition) is 4. The minimum absolute atomic E-state index is 0.0795. The fourth-order valence-electron chi connectivity index (χ4n) is 5.85. The molecule has 7 heteroatoms.